The Hall–Kier alpha value is -2.61. The topological polar surface area (TPSA) is 63.7 Å². The van der Waals surface area contributed by atoms with Gasteiger partial charge in [0.2, 0.25) is 0 Å². The molecule has 0 aliphatic heterocycles. The molecule has 0 heterocycles. The summed E-state index contributed by atoms with van der Waals surface area (Å²) in [5.74, 6) is -0.672. The molecule has 1 atom stereocenters. The van der Waals surface area contributed by atoms with Crippen LogP contribution in [0.3, 0.4) is 0 Å². The van der Waals surface area contributed by atoms with Gasteiger partial charge in [0.05, 0.1) is 10.6 Å². The second-order valence-electron chi connectivity index (χ2n) is 7.45. The fourth-order valence-corrected chi connectivity index (χ4v) is 4.51. The van der Waals surface area contributed by atoms with Crippen molar-refractivity contribution in [1.82, 2.24) is 4.90 Å². The summed E-state index contributed by atoms with van der Waals surface area (Å²) in [6.07, 6.45) is 0.730. The second kappa shape index (κ2) is 10.5. The van der Waals surface area contributed by atoms with E-state index in [0.29, 0.717) is 10.6 Å². The van der Waals surface area contributed by atoms with E-state index in [1.807, 2.05) is 13.8 Å². The summed E-state index contributed by atoms with van der Waals surface area (Å²) in [5.41, 5.74) is 1.13. The maximum absolute atomic E-state index is 13.2. The predicted octanol–water partition coefficient (Wildman–Crippen LogP) is 6.34. The van der Waals surface area contributed by atoms with Crippen LogP contribution in [-0.4, -0.2) is 25.3 Å². The molecule has 0 N–H and O–H groups in total. The molecule has 3 aromatic rings. The normalized spacial score (nSPS) is 12.3. The fourth-order valence-electron chi connectivity index (χ4n) is 3.09. The van der Waals surface area contributed by atoms with Gasteiger partial charge in [-0.3, -0.25) is 4.79 Å². The van der Waals surface area contributed by atoms with Gasteiger partial charge in [-0.15, -0.1) is 0 Å². The Morgan fingerprint density at radius 2 is 1.67 bits per heavy atom. The van der Waals surface area contributed by atoms with Gasteiger partial charge in [0.1, 0.15) is 16.5 Å². The molecule has 174 valence electrons. The van der Waals surface area contributed by atoms with Crippen molar-refractivity contribution in [3.05, 3.63) is 93.7 Å². The van der Waals surface area contributed by atoms with Gasteiger partial charge < -0.3 is 9.08 Å². The third-order valence-corrected chi connectivity index (χ3v) is 6.94. The van der Waals surface area contributed by atoms with Crippen LogP contribution in [0.1, 0.15) is 36.2 Å². The third-order valence-electron chi connectivity index (χ3n) is 5.13. The van der Waals surface area contributed by atoms with E-state index in [0.717, 1.165) is 36.2 Å². The number of amides is 1. The lowest BCUT2D eigenvalue weighted by Crippen LogP contribution is -2.37. The Morgan fingerprint density at radius 3 is 2.24 bits per heavy atom. The molecule has 5 nitrogen and oxygen atoms in total. The molecule has 0 bridgehead atoms. The number of benzene rings is 3. The molecule has 0 aliphatic rings. The molecule has 0 radical (unpaired) electrons. The highest BCUT2D eigenvalue weighted by Gasteiger charge is 2.23. The van der Waals surface area contributed by atoms with Crippen LogP contribution in [0.2, 0.25) is 10.0 Å². The molecule has 3 rings (SSSR count). The number of hydrogen-bond donors (Lipinski definition) is 0. The molecule has 0 aliphatic carbocycles. The van der Waals surface area contributed by atoms with E-state index in [9.17, 15) is 17.6 Å². The smallest absolute Gasteiger partial charge is 0.339 e. The summed E-state index contributed by atoms with van der Waals surface area (Å²) in [6, 6.07) is 15.4. The van der Waals surface area contributed by atoms with Gasteiger partial charge in [0.25, 0.3) is 5.91 Å². The lowest BCUT2D eigenvalue weighted by atomic mass is 10.1. The first-order valence-electron chi connectivity index (χ1n) is 10.2. The van der Waals surface area contributed by atoms with Crippen LogP contribution in [0.4, 0.5) is 4.39 Å². The van der Waals surface area contributed by atoms with Crippen LogP contribution in [0.15, 0.2) is 71.6 Å². The minimum Gasteiger partial charge on any atom is -0.379 e. The van der Waals surface area contributed by atoms with E-state index < -0.39 is 15.9 Å². The first kappa shape index (κ1) is 25.0. The quantitative estimate of drug-likeness (QED) is 0.332. The van der Waals surface area contributed by atoms with Gasteiger partial charge in [-0.25, -0.2) is 4.39 Å². The van der Waals surface area contributed by atoms with Crippen molar-refractivity contribution < 1.29 is 21.8 Å². The van der Waals surface area contributed by atoms with Gasteiger partial charge in [-0.1, -0.05) is 42.3 Å². The number of hydrogen-bond acceptors (Lipinski definition) is 4. The first-order chi connectivity index (χ1) is 15.6. The monoisotopic (exact) mass is 509 g/mol. The highest BCUT2D eigenvalue weighted by atomic mass is 35.5. The average molecular weight is 510 g/mol. The van der Waals surface area contributed by atoms with Gasteiger partial charge >= 0.3 is 10.1 Å². The Kier molecular flexibility index (Phi) is 8.00. The Bertz CT molecular complexity index is 1230. The highest BCUT2D eigenvalue weighted by molar-refractivity contribution is 7.87. The predicted molar refractivity (Wildman–Crippen MR) is 127 cm³/mol. The molecule has 0 spiro atoms. The van der Waals surface area contributed by atoms with Crippen molar-refractivity contribution in [3.63, 3.8) is 0 Å². The maximum atomic E-state index is 13.2. The Labute approximate surface area is 202 Å². The summed E-state index contributed by atoms with van der Waals surface area (Å²) in [4.78, 5) is 14.7. The van der Waals surface area contributed by atoms with Gasteiger partial charge in [0.15, 0.2) is 0 Å². The van der Waals surface area contributed by atoms with Crippen molar-refractivity contribution >= 4 is 39.2 Å². The summed E-state index contributed by atoms with van der Waals surface area (Å²) in [5, 5.41) is 0.716. The molecular weight excluding hydrogens is 488 g/mol. The molecule has 3 aromatic carbocycles. The van der Waals surface area contributed by atoms with E-state index in [2.05, 4.69) is 0 Å². The lowest BCUT2D eigenvalue weighted by molar-refractivity contribution is 0.0672. The van der Waals surface area contributed by atoms with Crippen LogP contribution < -0.4 is 4.18 Å². The van der Waals surface area contributed by atoms with E-state index >= 15 is 0 Å². The van der Waals surface area contributed by atoms with Crippen molar-refractivity contribution in [1.29, 1.82) is 0 Å². The molecule has 9 heteroatoms. The zero-order chi connectivity index (χ0) is 24.2. The van der Waals surface area contributed by atoms with E-state index in [4.69, 9.17) is 27.4 Å². The van der Waals surface area contributed by atoms with Crippen LogP contribution in [-0.2, 0) is 16.7 Å². The lowest BCUT2D eigenvalue weighted by Gasteiger charge is -2.29. The molecule has 0 aromatic heterocycles. The van der Waals surface area contributed by atoms with Crippen LogP contribution >= 0.6 is 23.2 Å². The number of rotatable bonds is 8. The zero-order valence-electron chi connectivity index (χ0n) is 18.0. The number of carbonyl (C=O) groups is 1. The second-order valence-corrected chi connectivity index (χ2v) is 9.84. The summed E-state index contributed by atoms with van der Waals surface area (Å²) in [6.45, 7) is 4.21. The molecule has 0 fully saturated rings. The van der Waals surface area contributed by atoms with Crippen molar-refractivity contribution in [3.8, 4) is 5.75 Å². The average Bonchev–Trinajstić information content (AvgIpc) is 2.77. The van der Waals surface area contributed by atoms with Crippen LogP contribution in [0.25, 0.3) is 0 Å². The molecule has 1 amide bonds. The summed E-state index contributed by atoms with van der Waals surface area (Å²) < 4.78 is 43.0. The third kappa shape index (κ3) is 6.25. The summed E-state index contributed by atoms with van der Waals surface area (Å²) >= 11 is 12.2. The minimum atomic E-state index is -4.10. The first-order valence-corrected chi connectivity index (χ1v) is 12.3. The van der Waals surface area contributed by atoms with Gasteiger partial charge in [-0.05, 0) is 73.5 Å². The number of carbonyl (C=O) groups excluding carboxylic acids is 1. The maximum Gasteiger partial charge on any atom is 0.339 e. The highest BCUT2D eigenvalue weighted by Crippen LogP contribution is 2.25. The van der Waals surface area contributed by atoms with Crippen LogP contribution in [0, 0.1) is 5.82 Å². The van der Waals surface area contributed by atoms with Crippen molar-refractivity contribution in [2.45, 2.75) is 37.8 Å². The zero-order valence-corrected chi connectivity index (χ0v) is 20.3. The van der Waals surface area contributed by atoms with E-state index in [1.54, 1.807) is 29.2 Å². The van der Waals surface area contributed by atoms with Crippen molar-refractivity contribution in [2.75, 3.05) is 0 Å². The number of halogens is 3. The standard InChI is InChI=1S/C24H22Cl2FNO4S/c1-3-16(2)28(24(29)22-13-6-18(25)14-23(22)26)15-17-4-9-20(10-5-17)32-33(30,31)21-11-7-19(27)8-12-21/h4-14,16H,3,15H2,1-2H3. The minimum absolute atomic E-state index is 0.0703. The molecular formula is C24H22Cl2FNO4S. The Balaban J connectivity index is 1.78. The summed E-state index contributed by atoms with van der Waals surface area (Å²) in [7, 11) is -4.10. The number of nitrogens with zero attached hydrogens (tertiary/aromatic N) is 1. The largest absolute Gasteiger partial charge is 0.379 e. The SMILES string of the molecule is CCC(C)N(Cc1ccc(OS(=O)(=O)c2ccc(F)cc2)cc1)C(=O)c1ccc(Cl)cc1Cl. The molecule has 0 saturated carbocycles. The molecule has 1 unspecified atom stereocenters. The van der Waals surface area contributed by atoms with Gasteiger partial charge in [-0.2, -0.15) is 8.42 Å². The van der Waals surface area contributed by atoms with E-state index in [1.165, 1.54) is 18.2 Å². The van der Waals surface area contributed by atoms with Gasteiger partial charge in [0, 0.05) is 17.6 Å². The molecule has 33 heavy (non-hydrogen) atoms. The van der Waals surface area contributed by atoms with E-state index in [-0.39, 0.29) is 34.2 Å². The van der Waals surface area contributed by atoms with Crippen molar-refractivity contribution in [2.24, 2.45) is 0 Å². The van der Waals surface area contributed by atoms with Crippen LogP contribution in [0.5, 0.6) is 5.75 Å². The fraction of sp³-hybridized carbons (Fsp3) is 0.208. The molecule has 0 saturated heterocycles. The Morgan fingerprint density at radius 1 is 1.03 bits per heavy atom.